The molecule has 12 heavy (non-hydrogen) atoms. The smallest absolute Gasteiger partial charge is 0.145 e. The SMILES string of the molecule is C#CCC1(C)CC(C)=C(C=O)C1. The zero-order valence-corrected chi connectivity index (χ0v) is 7.68. The topological polar surface area (TPSA) is 17.1 Å². The van der Waals surface area contributed by atoms with E-state index in [0.29, 0.717) is 0 Å². The summed E-state index contributed by atoms with van der Waals surface area (Å²) in [6.07, 6.45) is 8.84. The maximum atomic E-state index is 10.6. The lowest BCUT2D eigenvalue weighted by molar-refractivity contribution is -0.105. The molecule has 0 saturated heterocycles. The Bertz CT molecular complexity index is 267. The monoisotopic (exact) mass is 162 g/mol. The molecule has 64 valence electrons. The lowest BCUT2D eigenvalue weighted by Gasteiger charge is -2.20. The fourth-order valence-electron chi connectivity index (χ4n) is 1.94. The van der Waals surface area contributed by atoms with Crippen molar-refractivity contribution in [2.45, 2.75) is 33.1 Å². The van der Waals surface area contributed by atoms with Gasteiger partial charge in [0, 0.05) is 6.42 Å². The van der Waals surface area contributed by atoms with Crippen LogP contribution in [-0.2, 0) is 4.79 Å². The molecule has 1 heteroatoms. The second-order valence-corrected chi connectivity index (χ2v) is 3.97. The molecule has 0 heterocycles. The molecule has 0 aromatic carbocycles. The van der Waals surface area contributed by atoms with Crippen LogP contribution >= 0.6 is 0 Å². The van der Waals surface area contributed by atoms with Crippen LogP contribution in [0.5, 0.6) is 0 Å². The van der Waals surface area contributed by atoms with E-state index in [2.05, 4.69) is 12.8 Å². The van der Waals surface area contributed by atoms with Crippen LogP contribution in [0.4, 0.5) is 0 Å². The highest BCUT2D eigenvalue weighted by Gasteiger charge is 2.31. The maximum Gasteiger partial charge on any atom is 0.145 e. The average molecular weight is 162 g/mol. The second kappa shape index (κ2) is 3.15. The lowest BCUT2D eigenvalue weighted by atomic mass is 9.83. The van der Waals surface area contributed by atoms with Gasteiger partial charge < -0.3 is 0 Å². The molecule has 0 amide bonds. The molecule has 0 aromatic heterocycles. The Morgan fingerprint density at radius 2 is 2.33 bits per heavy atom. The Balaban J connectivity index is 2.74. The van der Waals surface area contributed by atoms with Crippen LogP contribution in [0.15, 0.2) is 11.1 Å². The Morgan fingerprint density at radius 1 is 1.67 bits per heavy atom. The summed E-state index contributed by atoms with van der Waals surface area (Å²) in [6.45, 7) is 4.17. The first-order chi connectivity index (χ1) is 5.61. The number of allylic oxidation sites excluding steroid dienone is 2. The van der Waals surface area contributed by atoms with E-state index in [1.165, 1.54) is 5.57 Å². The van der Waals surface area contributed by atoms with Crippen molar-refractivity contribution in [3.63, 3.8) is 0 Å². The van der Waals surface area contributed by atoms with Gasteiger partial charge in [-0.3, -0.25) is 4.79 Å². The Morgan fingerprint density at radius 3 is 2.75 bits per heavy atom. The van der Waals surface area contributed by atoms with E-state index >= 15 is 0 Å². The Labute approximate surface area is 73.9 Å². The molecule has 1 aliphatic carbocycles. The van der Waals surface area contributed by atoms with Crippen LogP contribution < -0.4 is 0 Å². The summed E-state index contributed by atoms with van der Waals surface area (Å²) in [5.41, 5.74) is 2.31. The van der Waals surface area contributed by atoms with Gasteiger partial charge in [-0.2, -0.15) is 0 Å². The van der Waals surface area contributed by atoms with Crippen molar-refractivity contribution in [2.75, 3.05) is 0 Å². The van der Waals surface area contributed by atoms with Gasteiger partial charge in [-0.1, -0.05) is 12.5 Å². The van der Waals surface area contributed by atoms with Gasteiger partial charge in [-0.15, -0.1) is 12.3 Å². The minimum absolute atomic E-state index is 0.148. The van der Waals surface area contributed by atoms with Crippen molar-refractivity contribution in [2.24, 2.45) is 5.41 Å². The first-order valence-corrected chi connectivity index (χ1v) is 4.18. The molecule has 0 saturated carbocycles. The third-order valence-corrected chi connectivity index (χ3v) is 2.53. The van der Waals surface area contributed by atoms with Crippen LogP contribution in [0.25, 0.3) is 0 Å². The number of hydrogen-bond acceptors (Lipinski definition) is 1. The third-order valence-electron chi connectivity index (χ3n) is 2.53. The molecule has 0 aromatic rings. The van der Waals surface area contributed by atoms with Gasteiger partial charge in [0.1, 0.15) is 6.29 Å². The van der Waals surface area contributed by atoms with Crippen molar-refractivity contribution >= 4 is 6.29 Å². The summed E-state index contributed by atoms with van der Waals surface area (Å²) in [7, 11) is 0. The van der Waals surface area contributed by atoms with Crippen LogP contribution in [0.2, 0.25) is 0 Å². The fourth-order valence-corrected chi connectivity index (χ4v) is 1.94. The highest BCUT2D eigenvalue weighted by atomic mass is 16.1. The Hall–Kier alpha value is -1.03. The largest absolute Gasteiger partial charge is 0.298 e. The summed E-state index contributed by atoms with van der Waals surface area (Å²) >= 11 is 0. The molecule has 1 unspecified atom stereocenters. The minimum Gasteiger partial charge on any atom is -0.298 e. The van der Waals surface area contributed by atoms with E-state index in [-0.39, 0.29) is 5.41 Å². The number of rotatable bonds is 2. The maximum absolute atomic E-state index is 10.6. The first kappa shape index (κ1) is 9.06. The molecule has 0 bridgehead atoms. The summed E-state index contributed by atoms with van der Waals surface area (Å²) in [4.78, 5) is 10.6. The van der Waals surface area contributed by atoms with Gasteiger partial charge in [-0.05, 0) is 30.8 Å². The molecule has 0 N–H and O–H groups in total. The first-order valence-electron chi connectivity index (χ1n) is 4.18. The van der Waals surface area contributed by atoms with Crippen LogP contribution in [0.3, 0.4) is 0 Å². The van der Waals surface area contributed by atoms with Gasteiger partial charge >= 0.3 is 0 Å². The molecule has 1 nitrogen and oxygen atoms in total. The lowest BCUT2D eigenvalue weighted by Crippen LogP contribution is -2.11. The highest BCUT2D eigenvalue weighted by molar-refractivity contribution is 5.75. The number of carbonyl (C=O) groups is 1. The predicted octanol–water partition coefficient (Wildman–Crippen LogP) is 2.33. The number of hydrogen-bond donors (Lipinski definition) is 0. The van der Waals surface area contributed by atoms with Crippen molar-refractivity contribution in [1.29, 1.82) is 0 Å². The fraction of sp³-hybridized carbons (Fsp3) is 0.545. The molecular formula is C11H14O. The zero-order chi connectivity index (χ0) is 9.19. The molecular weight excluding hydrogens is 148 g/mol. The summed E-state index contributed by atoms with van der Waals surface area (Å²) in [5.74, 6) is 2.67. The van der Waals surface area contributed by atoms with E-state index in [9.17, 15) is 4.79 Å². The summed E-state index contributed by atoms with van der Waals surface area (Å²) < 4.78 is 0. The van der Waals surface area contributed by atoms with E-state index in [4.69, 9.17) is 6.42 Å². The van der Waals surface area contributed by atoms with Crippen LogP contribution in [0, 0.1) is 17.8 Å². The Kier molecular flexibility index (Phi) is 2.38. The van der Waals surface area contributed by atoms with Gasteiger partial charge in [-0.25, -0.2) is 0 Å². The molecule has 0 aliphatic heterocycles. The molecule has 0 spiro atoms. The third kappa shape index (κ3) is 1.58. The average Bonchev–Trinajstić information content (AvgIpc) is 2.27. The number of aldehydes is 1. The summed E-state index contributed by atoms with van der Waals surface area (Å²) in [6, 6.07) is 0. The van der Waals surface area contributed by atoms with Crippen molar-refractivity contribution < 1.29 is 4.79 Å². The summed E-state index contributed by atoms with van der Waals surface area (Å²) in [5, 5.41) is 0. The van der Waals surface area contributed by atoms with Gasteiger partial charge in [0.05, 0.1) is 0 Å². The van der Waals surface area contributed by atoms with Crippen molar-refractivity contribution in [3.8, 4) is 12.3 Å². The van der Waals surface area contributed by atoms with Gasteiger partial charge in [0.2, 0.25) is 0 Å². The quantitative estimate of drug-likeness (QED) is 0.450. The van der Waals surface area contributed by atoms with E-state index in [0.717, 1.165) is 31.1 Å². The second-order valence-electron chi connectivity index (χ2n) is 3.97. The van der Waals surface area contributed by atoms with Gasteiger partial charge in [0.25, 0.3) is 0 Å². The molecule has 0 radical (unpaired) electrons. The van der Waals surface area contributed by atoms with E-state index < -0.39 is 0 Å². The van der Waals surface area contributed by atoms with Crippen LogP contribution in [-0.4, -0.2) is 6.29 Å². The molecule has 1 rings (SSSR count). The standard InChI is InChI=1S/C11H14O/c1-4-5-11(3)6-9(2)10(7-11)8-12/h1,8H,5-7H2,2-3H3. The zero-order valence-electron chi connectivity index (χ0n) is 7.68. The van der Waals surface area contributed by atoms with Crippen molar-refractivity contribution in [3.05, 3.63) is 11.1 Å². The molecule has 0 fully saturated rings. The van der Waals surface area contributed by atoms with Gasteiger partial charge in [0.15, 0.2) is 0 Å². The minimum atomic E-state index is 0.148. The molecule has 1 aliphatic rings. The van der Waals surface area contributed by atoms with E-state index in [1.807, 2.05) is 6.92 Å². The predicted molar refractivity (Wildman–Crippen MR) is 49.6 cm³/mol. The molecule has 1 atom stereocenters. The van der Waals surface area contributed by atoms with E-state index in [1.54, 1.807) is 0 Å². The normalized spacial score (nSPS) is 28.8. The number of terminal acetylenes is 1. The highest BCUT2D eigenvalue weighted by Crippen LogP contribution is 2.42. The number of carbonyl (C=O) groups excluding carboxylic acids is 1. The van der Waals surface area contributed by atoms with Crippen molar-refractivity contribution in [1.82, 2.24) is 0 Å². The van der Waals surface area contributed by atoms with Crippen LogP contribution in [0.1, 0.15) is 33.1 Å².